The second-order valence-corrected chi connectivity index (χ2v) is 5.04. The number of rotatable bonds is 4. The molecule has 100 valence electrons. The maximum atomic E-state index is 3.87. The molecule has 0 fully saturated rings. The average molecular weight is 394 g/mol. The molecule has 0 radical (unpaired) electrons. The SMILES string of the molecule is Cc1cccc(Cc2[nH+]c(CC[NH3+])cs2)c1.[Br-].[Br-]. The first-order valence-corrected chi connectivity index (χ1v) is 6.49. The summed E-state index contributed by atoms with van der Waals surface area (Å²) in [4.78, 5) is 3.46. The number of quaternary nitrogens is 1. The molecule has 0 unspecified atom stereocenters. The number of aromatic nitrogens is 1. The van der Waals surface area contributed by atoms with Gasteiger partial charge in [-0.05, 0) is 12.5 Å². The van der Waals surface area contributed by atoms with Crippen LogP contribution in [0.4, 0.5) is 0 Å². The van der Waals surface area contributed by atoms with Gasteiger partial charge in [0.15, 0.2) is 5.69 Å². The van der Waals surface area contributed by atoms with Crippen molar-refractivity contribution >= 4 is 11.3 Å². The van der Waals surface area contributed by atoms with Gasteiger partial charge in [0.25, 0.3) is 0 Å². The molecule has 2 aromatic rings. The van der Waals surface area contributed by atoms with E-state index in [0.717, 1.165) is 19.4 Å². The standard InChI is InChI=1S/C13H16N2S.2BrH/c1-10-3-2-4-11(7-10)8-13-15-12(5-6-14)9-16-13;;/h2-4,7,9H,5-6,8,14H2,1H3;2*1H. The van der Waals surface area contributed by atoms with Crippen molar-refractivity contribution in [3.8, 4) is 0 Å². The molecule has 18 heavy (non-hydrogen) atoms. The van der Waals surface area contributed by atoms with Crippen LogP contribution in [-0.4, -0.2) is 6.54 Å². The van der Waals surface area contributed by atoms with Gasteiger partial charge in [0.1, 0.15) is 0 Å². The predicted octanol–water partition coefficient (Wildman–Crippen LogP) is -4.75. The number of halogens is 2. The van der Waals surface area contributed by atoms with Gasteiger partial charge in [0.2, 0.25) is 5.01 Å². The molecule has 1 aromatic carbocycles. The van der Waals surface area contributed by atoms with E-state index in [9.17, 15) is 0 Å². The number of nitrogens with one attached hydrogen (secondary N) is 1. The minimum atomic E-state index is 0. The Morgan fingerprint density at radius 2 is 2.06 bits per heavy atom. The fraction of sp³-hybridized carbons (Fsp3) is 0.308. The van der Waals surface area contributed by atoms with Crippen LogP contribution in [-0.2, 0) is 12.8 Å². The van der Waals surface area contributed by atoms with Gasteiger partial charge in [-0.3, -0.25) is 0 Å². The molecule has 1 aromatic heterocycles. The first-order valence-electron chi connectivity index (χ1n) is 5.61. The van der Waals surface area contributed by atoms with E-state index in [1.54, 1.807) is 11.3 Å². The number of hydrogen-bond acceptors (Lipinski definition) is 1. The lowest BCUT2D eigenvalue weighted by atomic mass is 10.1. The Morgan fingerprint density at radius 3 is 2.72 bits per heavy atom. The van der Waals surface area contributed by atoms with Crippen molar-refractivity contribution in [2.24, 2.45) is 0 Å². The summed E-state index contributed by atoms with van der Waals surface area (Å²) in [7, 11) is 0. The molecule has 2 nitrogen and oxygen atoms in total. The van der Waals surface area contributed by atoms with Crippen molar-refractivity contribution in [2.45, 2.75) is 19.8 Å². The zero-order chi connectivity index (χ0) is 11.4. The lowest BCUT2D eigenvalue weighted by Gasteiger charge is -1.96. The molecule has 0 saturated carbocycles. The van der Waals surface area contributed by atoms with Gasteiger partial charge >= 0.3 is 0 Å². The highest BCUT2D eigenvalue weighted by Crippen LogP contribution is 2.12. The molecule has 2 rings (SSSR count). The van der Waals surface area contributed by atoms with Crippen LogP contribution in [0.25, 0.3) is 0 Å². The highest BCUT2D eigenvalue weighted by atomic mass is 79.9. The summed E-state index contributed by atoms with van der Waals surface area (Å²) in [5.74, 6) is 0. The van der Waals surface area contributed by atoms with Crippen molar-refractivity contribution in [1.82, 2.24) is 0 Å². The van der Waals surface area contributed by atoms with Gasteiger partial charge < -0.3 is 39.7 Å². The molecule has 1 heterocycles. The summed E-state index contributed by atoms with van der Waals surface area (Å²) in [5.41, 5.74) is 7.88. The third-order valence-electron chi connectivity index (χ3n) is 2.54. The molecule has 0 saturated heterocycles. The van der Waals surface area contributed by atoms with Crippen molar-refractivity contribution in [2.75, 3.05) is 6.54 Å². The highest BCUT2D eigenvalue weighted by molar-refractivity contribution is 7.09. The zero-order valence-corrected chi connectivity index (χ0v) is 14.4. The minimum absolute atomic E-state index is 0. The molecule has 5 heteroatoms. The summed E-state index contributed by atoms with van der Waals surface area (Å²) < 4.78 is 0. The minimum Gasteiger partial charge on any atom is -1.00 e. The van der Waals surface area contributed by atoms with Crippen LogP contribution in [0.2, 0.25) is 0 Å². The first-order chi connectivity index (χ1) is 7.78. The van der Waals surface area contributed by atoms with Crippen LogP contribution in [0, 0.1) is 6.92 Å². The summed E-state index contributed by atoms with van der Waals surface area (Å²) >= 11 is 1.81. The van der Waals surface area contributed by atoms with E-state index in [1.807, 2.05) is 0 Å². The van der Waals surface area contributed by atoms with Crippen LogP contribution in [0.3, 0.4) is 0 Å². The van der Waals surface area contributed by atoms with Gasteiger partial charge in [-0.1, -0.05) is 41.2 Å². The van der Waals surface area contributed by atoms with E-state index in [1.165, 1.54) is 21.8 Å². The van der Waals surface area contributed by atoms with Gasteiger partial charge in [0.05, 0.1) is 24.8 Å². The normalized spacial score (nSPS) is 9.44. The van der Waals surface area contributed by atoms with E-state index in [0.29, 0.717) is 0 Å². The van der Waals surface area contributed by atoms with E-state index in [-0.39, 0.29) is 34.0 Å². The zero-order valence-electron chi connectivity index (χ0n) is 10.4. The third kappa shape index (κ3) is 5.18. The molecule has 0 bridgehead atoms. The molecule has 0 aliphatic rings. The fourth-order valence-electron chi connectivity index (χ4n) is 1.79. The molecule has 4 N–H and O–H groups in total. The van der Waals surface area contributed by atoms with Crippen LogP contribution in [0.5, 0.6) is 0 Å². The Morgan fingerprint density at radius 1 is 1.28 bits per heavy atom. The quantitative estimate of drug-likeness (QED) is 0.542. The van der Waals surface area contributed by atoms with Crippen LogP contribution >= 0.6 is 11.3 Å². The van der Waals surface area contributed by atoms with Gasteiger partial charge in [-0.2, -0.15) is 0 Å². The maximum absolute atomic E-state index is 3.87. The van der Waals surface area contributed by atoms with Crippen LogP contribution in [0.15, 0.2) is 29.6 Å². The molecule has 0 aliphatic heterocycles. The molecular formula is C13H18Br2N2S. The smallest absolute Gasteiger partial charge is 0.240 e. The van der Waals surface area contributed by atoms with E-state index in [4.69, 9.17) is 0 Å². The maximum Gasteiger partial charge on any atom is 0.240 e. The lowest BCUT2D eigenvalue weighted by Crippen LogP contribution is -3.00. The van der Waals surface area contributed by atoms with Crippen molar-refractivity contribution < 1.29 is 44.7 Å². The Hall–Kier alpha value is -0.230. The second-order valence-electron chi connectivity index (χ2n) is 4.08. The van der Waals surface area contributed by atoms with Crippen molar-refractivity contribution in [1.29, 1.82) is 0 Å². The molecule has 0 amide bonds. The Bertz CT molecular complexity index is 472. The number of hydrogen-bond donors (Lipinski definition) is 1. The van der Waals surface area contributed by atoms with Crippen LogP contribution in [0.1, 0.15) is 21.8 Å². The largest absolute Gasteiger partial charge is 1.00 e. The monoisotopic (exact) mass is 392 g/mol. The first kappa shape index (κ1) is 17.8. The predicted molar refractivity (Wildman–Crippen MR) is 66.3 cm³/mol. The van der Waals surface area contributed by atoms with Crippen molar-refractivity contribution in [3.05, 3.63) is 51.5 Å². The second kappa shape index (κ2) is 8.80. The Labute approximate surface area is 133 Å². The van der Waals surface area contributed by atoms with Crippen molar-refractivity contribution in [3.63, 3.8) is 0 Å². The Kier molecular flexibility index (Phi) is 8.69. The number of aromatic amines is 1. The fourth-order valence-corrected chi connectivity index (χ4v) is 2.69. The van der Waals surface area contributed by atoms with E-state index >= 15 is 0 Å². The number of H-pyrrole nitrogens is 1. The van der Waals surface area contributed by atoms with Gasteiger partial charge in [-0.25, -0.2) is 4.98 Å². The topological polar surface area (TPSA) is 41.8 Å². The summed E-state index contributed by atoms with van der Waals surface area (Å²) in [6.45, 7) is 3.09. The van der Waals surface area contributed by atoms with Crippen LogP contribution < -0.4 is 44.7 Å². The summed E-state index contributed by atoms with van der Waals surface area (Å²) in [6.07, 6.45) is 2.05. The third-order valence-corrected chi connectivity index (χ3v) is 3.47. The molecule has 0 spiro atoms. The molecule has 0 atom stereocenters. The summed E-state index contributed by atoms with van der Waals surface area (Å²) in [5, 5.41) is 3.53. The average Bonchev–Trinajstić information content (AvgIpc) is 2.66. The van der Waals surface area contributed by atoms with E-state index in [2.05, 4.69) is 47.3 Å². The number of thiazole rings is 1. The van der Waals surface area contributed by atoms with E-state index < -0.39 is 0 Å². The molecule has 0 aliphatic carbocycles. The lowest BCUT2D eigenvalue weighted by molar-refractivity contribution is -0.408. The highest BCUT2D eigenvalue weighted by Gasteiger charge is 2.10. The van der Waals surface area contributed by atoms with Gasteiger partial charge in [0, 0.05) is 0 Å². The summed E-state index contributed by atoms with van der Waals surface area (Å²) in [6, 6.07) is 8.68. The number of benzene rings is 1. The van der Waals surface area contributed by atoms with Gasteiger partial charge in [-0.15, -0.1) is 0 Å². The molecular weight excluding hydrogens is 376 g/mol. The number of aryl methyl sites for hydroxylation is 1. The Balaban J connectivity index is 0.00000144.